The van der Waals surface area contributed by atoms with Gasteiger partial charge >= 0.3 is 0 Å². The summed E-state index contributed by atoms with van der Waals surface area (Å²) < 4.78 is 37.7. The minimum atomic E-state index is -3.78. The van der Waals surface area contributed by atoms with Crippen LogP contribution in [0.4, 0.5) is 11.4 Å². The Bertz CT molecular complexity index is 768. The van der Waals surface area contributed by atoms with Gasteiger partial charge in [0.25, 0.3) is 5.69 Å². The SMILES string of the molecule is C[C@@H]1CN(c2ccc(S(=O)(=O)N3CCOCC3)cc2[N+](=O)[O-])C[C@H](C)O1. The lowest BCUT2D eigenvalue weighted by Crippen LogP contribution is -2.45. The van der Waals surface area contributed by atoms with Crippen molar-refractivity contribution in [3.05, 3.63) is 28.3 Å². The molecule has 2 saturated heterocycles. The molecule has 3 rings (SSSR count). The van der Waals surface area contributed by atoms with Crippen LogP contribution in [0.3, 0.4) is 0 Å². The molecule has 26 heavy (non-hydrogen) atoms. The van der Waals surface area contributed by atoms with Crippen LogP contribution in [0.15, 0.2) is 23.1 Å². The van der Waals surface area contributed by atoms with Crippen LogP contribution in [-0.4, -0.2) is 69.2 Å². The highest BCUT2D eigenvalue weighted by molar-refractivity contribution is 7.89. The fourth-order valence-corrected chi connectivity index (χ4v) is 4.82. The van der Waals surface area contributed by atoms with Crippen molar-refractivity contribution >= 4 is 21.4 Å². The molecule has 0 spiro atoms. The number of morpholine rings is 2. The number of hydrogen-bond acceptors (Lipinski definition) is 7. The van der Waals surface area contributed by atoms with Gasteiger partial charge in [0.1, 0.15) is 5.69 Å². The van der Waals surface area contributed by atoms with Crippen molar-refractivity contribution in [1.82, 2.24) is 4.31 Å². The Labute approximate surface area is 152 Å². The summed E-state index contributed by atoms with van der Waals surface area (Å²) in [6, 6.07) is 4.12. The maximum atomic E-state index is 12.8. The third-order valence-electron chi connectivity index (χ3n) is 4.51. The molecule has 0 bridgehead atoms. The van der Waals surface area contributed by atoms with E-state index in [-0.39, 0.29) is 35.9 Å². The average molecular weight is 385 g/mol. The monoisotopic (exact) mass is 385 g/mol. The first-order valence-electron chi connectivity index (χ1n) is 8.56. The van der Waals surface area contributed by atoms with Crippen molar-refractivity contribution < 1.29 is 22.8 Å². The summed E-state index contributed by atoms with van der Waals surface area (Å²) in [4.78, 5) is 12.9. The number of sulfonamides is 1. The predicted molar refractivity (Wildman–Crippen MR) is 94.9 cm³/mol. The van der Waals surface area contributed by atoms with Crippen molar-refractivity contribution in [2.45, 2.75) is 31.0 Å². The fourth-order valence-electron chi connectivity index (χ4n) is 3.39. The molecule has 0 amide bonds. The summed E-state index contributed by atoms with van der Waals surface area (Å²) in [6.07, 6.45) is -0.120. The maximum absolute atomic E-state index is 12.8. The zero-order valence-corrected chi connectivity index (χ0v) is 15.6. The zero-order chi connectivity index (χ0) is 18.9. The zero-order valence-electron chi connectivity index (χ0n) is 14.8. The van der Waals surface area contributed by atoms with Crippen molar-refractivity contribution in [2.75, 3.05) is 44.3 Å². The van der Waals surface area contributed by atoms with Gasteiger partial charge < -0.3 is 14.4 Å². The molecule has 1 aromatic rings. The Morgan fingerprint density at radius 2 is 1.77 bits per heavy atom. The van der Waals surface area contributed by atoms with Crippen molar-refractivity contribution in [3.8, 4) is 0 Å². The molecule has 2 fully saturated rings. The number of hydrogen-bond donors (Lipinski definition) is 0. The highest BCUT2D eigenvalue weighted by atomic mass is 32.2. The molecule has 0 radical (unpaired) electrons. The molecule has 0 saturated carbocycles. The standard InChI is InChI=1S/C16H23N3O6S/c1-12-10-17(11-13(2)25-12)15-4-3-14(9-16(15)19(20)21)26(22,23)18-5-7-24-8-6-18/h3-4,9,12-13H,5-8,10-11H2,1-2H3/t12-,13+. The fraction of sp³-hybridized carbons (Fsp3) is 0.625. The Balaban J connectivity index is 1.95. The maximum Gasteiger partial charge on any atom is 0.293 e. The Hall–Kier alpha value is -1.75. The van der Waals surface area contributed by atoms with Crippen LogP contribution in [0, 0.1) is 10.1 Å². The topological polar surface area (TPSA) is 102 Å². The van der Waals surface area contributed by atoms with Crippen LogP contribution >= 0.6 is 0 Å². The van der Waals surface area contributed by atoms with E-state index in [9.17, 15) is 18.5 Å². The van der Waals surface area contributed by atoms with Gasteiger partial charge in [-0.3, -0.25) is 10.1 Å². The van der Waals surface area contributed by atoms with Crippen LogP contribution in [0.25, 0.3) is 0 Å². The van der Waals surface area contributed by atoms with Crippen LogP contribution < -0.4 is 4.90 Å². The van der Waals surface area contributed by atoms with Gasteiger partial charge in [-0.2, -0.15) is 4.31 Å². The van der Waals surface area contributed by atoms with E-state index < -0.39 is 14.9 Å². The van der Waals surface area contributed by atoms with Crippen LogP contribution in [0.5, 0.6) is 0 Å². The smallest absolute Gasteiger partial charge is 0.293 e. The van der Waals surface area contributed by atoms with Gasteiger partial charge in [-0.15, -0.1) is 0 Å². The number of benzene rings is 1. The van der Waals surface area contributed by atoms with Gasteiger partial charge in [-0.25, -0.2) is 8.42 Å². The minimum absolute atomic E-state index is 0.0601. The van der Waals surface area contributed by atoms with Gasteiger partial charge in [0.15, 0.2) is 0 Å². The van der Waals surface area contributed by atoms with E-state index in [0.717, 1.165) is 6.07 Å². The second kappa shape index (κ2) is 7.47. The molecule has 0 aliphatic carbocycles. The normalized spacial score (nSPS) is 25.2. The molecule has 1 aromatic carbocycles. The van der Waals surface area contributed by atoms with E-state index in [0.29, 0.717) is 32.0 Å². The first-order valence-corrected chi connectivity index (χ1v) is 10.00. The number of ether oxygens (including phenoxy) is 2. The number of rotatable bonds is 4. The van der Waals surface area contributed by atoms with E-state index in [1.165, 1.54) is 16.4 Å². The van der Waals surface area contributed by atoms with Crippen LogP contribution in [0.2, 0.25) is 0 Å². The summed E-state index contributed by atoms with van der Waals surface area (Å²) in [6.45, 7) is 5.98. The van der Waals surface area contributed by atoms with Gasteiger partial charge in [0.05, 0.1) is 35.2 Å². The molecule has 2 aliphatic heterocycles. The summed E-state index contributed by atoms with van der Waals surface area (Å²) in [7, 11) is -3.78. The lowest BCUT2D eigenvalue weighted by atomic mass is 10.2. The first-order chi connectivity index (χ1) is 12.3. The van der Waals surface area contributed by atoms with Crippen molar-refractivity contribution in [2.24, 2.45) is 0 Å². The molecule has 0 N–H and O–H groups in total. The van der Waals surface area contributed by atoms with Crippen molar-refractivity contribution in [3.63, 3.8) is 0 Å². The number of nitrogens with zero attached hydrogens (tertiary/aromatic N) is 3. The van der Waals surface area contributed by atoms with Gasteiger partial charge in [0, 0.05) is 32.2 Å². The molecule has 144 valence electrons. The van der Waals surface area contributed by atoms with Crippen molar-refractivity contribution in [1.29, 1.82) is 0 Å². The van der Waals surface area contributed by atoms with Crippen LogP contribution in [0.1, 0.15) is 13.8 Å². The average Bonchev–Trinajstić information content (AvgIpc) is 2.61. The van der Waals surface area contributed by atoms with Gasteiger partial charge in [-0.1, -0.05) is 0 Å². The molecular formula is C16H23N3O6S. The number of nitro benzene ring substituents is 1. The molecule has 0 unspecified atom stereocenters. The minimum Gasteiger partial charge on any atom is -0.379 e. The largest absolute Gasteiger partial charge is 0.379 e. The highest BCUT2D eigenvalue weighted by Crippen LogP contribution is 2.33. The molecule has 10 heteroatoms. The second-order valence-corrected chi connectivity index (χ2v) is 8.52. The second-order valence-electron chi connectivity index (χ2n) is 6.59. The van der Waals surface area contributed by atoms with E-state index >= 15 is 0 Å². The Morgan fingerprint density at radius 1 is 1.15 bits per heavy atom. The van der Waals surface area contributed by atoms with Crippen LogP contribution in [-0.2, 0) is 19.5 Å². The number of nitro groups is 1. The first kappa shape index (κ1) is 19.0. The summed E-state index contributed by atoms with van der Waals surface area (Å²) in [5.74, 6) is 0. The number of anilines is 1. The van der Waals surface area contributed by atoms with E-state index in [1.54, 1.807) is 0 Å². The third-order valence-corrected chi connectivity index (χ3v) is 6.41. The molecular weight excluding hydrogens is 362 g/mol. The third kappa shape index (κ3) is 3.83. The molecule has 9 nitrogen and oxygen atoms in total. The lowest BCUT2D eigenvalue weighted by molar-refractivity contribution is -0.384. The predicted octanol–water partition coefficient (Wildman–Crippen LogP) is 1.23. The lowest BCUT2D eigenvalue weighted by Gasteiger charge is -2.36. The quantitative estimate of drug-likeness (QED) is 0.567. The van der Waals surface area contributed by atoms with E-state index in [4.69, 9.17) is 9.47 Å². The highest BCUT2D eigenvalue weighted by Gasteiger charge is 2.31. The van der Waals surface area contributed by atoms with Gasteiger partial charge in [0.2, 0.25) is 10.0 Å². The van der Waals surface area contributed by atoms with E-state index in [1.807, 2.05) is 18.7 Å². The molecule has 2 heterocycles. The van der Waals surface area contributed by atoms with Gasteiger partial charge in [-0.05, 0) is 26.0 Å². The Kier molecular flexibility index (Phi) is 5.47. The summed E-state index contributed by atoms with van der Waals surface area (Å²) in [5, 5.41) is 11.6. The molecule has 2 atom stereocenters. The molecule has 0 aromatic heterocycles. The summed E-state index contributed by atoms with van der Waals surface area (Å²) in [5.41, 5.74) is 0.207. The Morgan fingerprint density at radius 3 is 2.35 bits per heavy atom. The summed E-state index contributed by atoms with van der Waals surface area (Å²) >= 11 is 0. The molecule has 2 aliphatic rings. The van der Waals surface area contributed by atoms with E-state index in [2.05, 4.69) is 0 Å².